The molecular formula is C13H14N2O2. The van der Waals surface area contributed by atoms with Crippen LogP contribution in [0.15, 0.2) is 29.3 Å². The Morgan fingerprint density at radius 3 is 2.65 bits per heavy atom. The van der Waals surface area contributed by atoms with Gasteiger partial charge in [0.15, 0.2) is 0 Å². The van der Waals surface area contributed by atoms with E-state index in [0.29, 0.717) is 5.69 Å². The van der Waals surface area contributed by atoms with E-state index in [1.165, 1.54) is 12.4 Å². The van der Waals surface area contributed by atoms with Gasteiger partial charge < -0.3 is 9.72 Å². The summed E-state index contributed by atoms with van der Waals surface area (Å²) in [7, 11) is 1.62. The fourth-order valence-electron chi connectivity index (χ4n) is 1.92. The average Bonchev–Trinajstić information content (AvgIpc) is 2.27. The minimum absolute atomic E-state index is 0.169. The van der Waals surface area contributed by atoms with E-state index in [1.54, 1.807) is 7.11 Å². The first-order chi connectivity index (χ1) is 8.11. The first-order valence-corrected chi connectivity index (χ1v) is 5.32. The van der Waals surface area contributed by atoms with E-state index in [4.69, 9.17) is 4.74 Å². The number of aromatic amines is 1. The number of hydrogen-bond donors (Lipinski definition) is 1. The van der Waals surface area contributed by atoms with E-state index in [0.717, 1.165) is 22.4 Å². The standard InChI is InChI=1S/C13H14N2O2/c1-8-4-9(2)13(11(5-8)17-3)10-6-12(16)15-7-14-10/h4-7H,1-3H3,(H,14,15,16). The highest BCUT2D eigenvalue weighted by Crippen LogP contribution is 2.32. The molecule has 1 aromatic heterocycles. The molecule has 4 nitrogen and oxygen atoms in total. The number of benzene rings is 1. The van der Waals surface area contributed by atoms with Crippen LogP contribution in [0.5, 0.6) is 5.75 Å². The van der Waals surface area contributed by atoms with Gasteiger partial charge in [-0.05, 0) is 31.0 Å². The number of aromatic nitrogens is 2. The lowest BCUT2D eigenvalue weighted by Crippen LogP contribution is -2.05. The van der Waals surface area contributed by atoms with Gasteiger partial charge in [-0.15, -0.1) is 0 Å². The Kier molecular flexibility index (Phi) is 2.95. The topological polar surface area (TPSA) is 55.0 Å². The summed E-state index contributed by atoms with van der Waals surface area (Å²) in [5, 5.41) is 0. The zero-order valence-electron chi connectivity index (χ0n) is 10.1. The Labute approximate surface area is 99.3 Å². The first kappa shape index (κ1) is 11.4. The number of H-pyrrole nitrogens is 1. The number of nitrogens with zero attached hydrogens (tertiary/aromatic N) is 1. The summed E-state index contributed by atoms with van der Waals surface area (Å²) in [6.07, 6.45) is 1.40. The molecule has 17 heavy (non-hydrogen) atoms. The number of aryl methyl sites for hydroxylation is 2. The van der Waals surface area contributed by atoms with E-state index in [1.807, 2.05) is 26.0 Å². The van der Waals surface area contributed by atoms with E-state index in [2.05, 4.69) is 9.97 Å². The highest BCUT2D eigenvalue weighted by Gasteiger charge is 2.11. The zero-order valence-corrected chi connectivity index (χ0v) is 10.1. The summed E-state index contributed by atoms with van der Waals surface area (Å²) < 4.78 is 5.35. The van der Waals surface area contributed by atoms with Crippen molar-refractivity contribution in [2.24, 2.45) is 0 Å². The minimum atomic E-state index is -0.169. The molecular weight excluding hydrogens is 216 g/mol. The van der Waals surface area contributed by atoms with Gasteiger partial charge in [0.25, 0.3) is 5.56 Å². The molecule has 0 saturated carbocycles. The fraction of sp³-hybridized carbons (Fsp3) is 0.231. The van der Waals surface area contributed by atoms with Gasteiger partial charge in [-0.3, -0.25) is 4.79 Å². The lowest BCUT2D eigenvalue weighted by atomic mass is 10.0. The van der Waals surface area contributed by atoms with Crippen molar-refractivity contribution < 1.29 is 4.74 Å². The van der Waals surface area contributed by atoms with E-state index in [9.17, 15) is 4.79 Å². The Balaban J connectivity index is 2.70. The van der Waals surface area contributed by atoms with Crippen LogP contribution < -0.4 is 10.3 Å². The van der Waals surface area contributed by atoms with Gasteiger partial charge in [-0.25, -0.2) is 4.98 Å². The number of ether oxygens (including phenoxy) is 1. The van der Waals surface area contributed by atoms with Crippen molar-refractivity contribution in [2.75, 3.05) is 7.11 Å². The summed E-state index contributed by atoms with van der Waals surface area (Å²) in [6.45, 7) is 3.98. The molecule has 0 aliphatic heterocycles. The largest absolute Gasteiger partial charge is 0.496 e. The third-order valence-electron chi connectivity index (χ3n) is 2.60. The minimum Gasteiger partial charge on any atom is -0.496 e. The molecule has 0 amide bonds. The maximum absolute atomic E-state index is 11.3. The Morgan fingerprint density at radius 2 is 2.00 bits per heavy atom. The van der Waals surface area contributed by atoms with Crippen LogP contribution in [0.25, 0.3) is 11.3 Å². The van der Waals surface area contributed by atoms with Crippen molar-refractivity contribution >= 4 is 0 Å². The fourth-order valence-corrected chi connectivity index (χ4v) is 1.92. The molecule has 4 heteroatoms. The van der Waals surface area contributed by atoms with Crippen molar-refractivity contribution in [1.29, 1.82) is 0 Å². The van der Waals surface area contributed by atoms with Crippen molar-refractivity contribution in [3.8, 4) is 17.0 Å². The smallest absolute Gasteiger partial charge is 0.251 e. The van der Waals surface area contributed by atoms with Gasteiger partial charge in [0, 0.05) is 11.6 Å². The molecule has 2 aromatic rings. The van der Waals surface area contributed by atoms with Gasteiger partial charge in [0.1, 0.15) is 5.75 Å². The molecule has 0 radical (unpaired) electrons. The second-order valence-electron chi connectivity index (χ2n) is 3.96. The van der Waals surface area contributed by atoms with Crippen LogP contribution in [0.1, 0.15) is 11.1 Å². The Hall–Kier alpha value is -2.10. The summed E-state index contributed by atoms with van der Waals surface area (Å²) in [5.74, 6) is 0.737. The summed E-state index contributed by atoms with van der Waals surface area (Å²) in [5.41, 5.74) is 3.48. The highest BCUT2D eigenvalue weighted by molar-refractivity contribution is 5.71. The SMILES string of the molecule is COc1cc(C)cc(C)c1-c1cc(=O)[nH]cn1. The molecule has 0 unspecified atom stereocenters. The van der Waals surface area contributed by atoms with Crippen LogP contribution in [-0.2, 0) is 0 Å². The molecule has 1 N–H and O–H groups in total. The number of rotatable bonds is 2. The molecule has 1 heterocycles. The predicted molar refractivity (Wildman–Crippen MR) is 66.3 cm³/mol. The van der Waals surface area contributed by atoms with Crippen LogP contribution in [0.4, 0.5) is 0 Å². The lowest BCUT2D eigenvalue weighted by molar-refractivity contribution is 0.415. The number of nitrogens with one attached hydrogen (secondary N) is 1. The van der Waals surface area contributed by atoms with Gasteiger partial charge in [-0.2, -0.15) is 0 Å². The Morgan fingerprint density at radius 1 is 1.24 bits per heavy atom. The van der Waals surface area contributed by atoms with Gasteiger partial charge in [-0.1, -0.05) is 6.07 Å². The lowest BCUT2D eigenvalue weighted by Gasteiger charge is -2.12. The molecule has 0 bridgehead atoms. The van der Waals surface area contributed by atoms with Crippen LogP contribution in [0.3, 0.4) is 0 Å². The van der Waals surface area contributed by atoms with Crippen molar-refractivity contribution in [1.82, 2.24) is 9.97 Å². The predicted octanol–water partition coefficient (Wildman–Crippen LogP) is 2.06. The van der Waals surface area contributed by atoms with Gasteiger partial charge >= 0.3 is 0 Å². The molecule has 0 fully saturated rings. The average molecular weight is 230 g/mol. The maximum Gasteiger partial charge on any atom is 0.251 e. The summed E-state index contributed by atoms with van der Waals surface area (Å²) in [4.78, 5) is 18.0. The molecule has 88 valence electrons. The van der Waals surface area contributed by atoms with Crippen LogP contribution in [-0.4, -0.2) is 17.1 Å². The molecule has 0 aliphatic carbocycles. The second-order valence-corrected chi connectivity index (χ2v) is 3.96. The molecule has 1 aromatic carbocycles. The number of methoxy groups -OCH3 is 1. The van der Waals surface area contributed by atoms with E-state index >= 15 is 0 Å². The van der Waals surface area contributed by atoms with Crippen molar-refractivity contribution in [3.05, 3.63) is 46.0 Å². The zero-order chi connectivity index (χ0) is 12.4. The van der Waals surface area contributed by atoms with Crippen LogP contribution >= 0.6 is 0 Å². The molecule has 0 atom stereocenters. The van der Waals surface area contributed by atoms with Gasteiger partial charge in [0.05, 0.1) is 19.1 Å². The maximum atomic E-state index is 11.3. The van der Waals surface area contributed by atoms with E-state index < -0.39 is 0 Å². The highest BCUT2D eigenvalue weighted by atomic mass is 16.5. The van der Waals surface area contributed by atoms with Crippen molar-refractivity contribution in [3.63, 3.8) is 0 Å². The normalized spacial score (nSPS) is 10.3. The molecule has 2 rings (SSSR count). The quantitative estimate of drug-likeness (QED) is 0.859. The number of hydrogen-bond acceptors (Lipinski definition) is 3. The van der Waals surface area contributed by atoms with E-state index in [-0.39, 0.29) is 5.56 Å². The monoisotopic (exact) mass is 230 g/mol. The van der Waals surface area contributed by atoms with Gasteiger partial charge in [0.2, 0.25) is 0 Å². The summed E-state index contributed by atoms with van der Waals surface area (Å²) in [6, 6.07) is 5.45. The summed E-state index contributed by atoms with van der Waals surface area (Å²) >= 11 is 0. The molecule has 0 aliphatic rings. The molecule has 0 spiro atoms. The third kappa shape index (κ3) is 2.20. The Bertz CT molecular complexity index is 603. The van der Waals surface area contributed by atoms with Crippen LogP contribution in [0, 0.1) is 13.8 Å². The third-order valence-corrected chi connectivity index (χ3v) is 2.60. The first-order valence-electron chi connectivity index (χ1n) is 5.32. The van der Waals surface area contributed by atoms with Crippen molar-refractivity contribution in [2.45, 2.75) is 13.8 Å². The van der Waals surface area contributed by atoms with Crippen LogP contribution in [0.2, 0.25) is 0 Å². The second kappa shape index (κ2) is 4.41. The molecule has 0 saturated heterocycles.